The van der Waals surface area contributed by atoms with E-state index in [-0.39, 0.29) is 34.7 Å². The molecule has 0 bridgehead atoms. The average Bonchev–Trinajstić information content (AvgIpc) is 3.39. The van der Waals surface area contributed by atoms with Gasteiger partial charge in [0.15, 0.2) is 11.5 Å². The van der Waals surface area contributed by atoms with Crippen LogP contribution < -0.4 is 15.8 Å². The predicted molar refractivity (Wildman–Crippen MR) is 102 cm³/mol. The van der Waals surface area contributed by atoms with Crippen LogP contribution in [-0.2, 0) is 6.18 Å². The second-order valence-electron chi connectivity index (χ2n) is 7.17. The second-order valence-corrected chi connectivity index (χ2v) is 7.17. The molecule has 0 saturated heterocycles. The largest absolute Gasteiger partial charge is 0.494 e. The molecule has 1 aliphatic rings. The molecule has 30 heavy (non-hydrogen) atoms. The number of methoxy groups -OCH3 is 1. The number of amides is 1. The topological polar surface area (TPSA) is 103 Å². The van der Waals surface area contributed by atoms with Crippen molar-refractivity contribution in [3.8, 4) is 17.2 Å². The van der Waals surface area contributed by atoms with Crippen molar-refractivity contribution in [3.63, 3.8) is 0 Å². The Labute approximate surface area is 169 Å². The Morgan fingerprint density at radius 1 is 1.27 bits per heavy atom. The van der Waals surface area contributed by atoms with Gasteiger partial charge in [-0.15, -0.1) is 0 Å². The highest BCUT2D eigenvalue weighted by Crippen LogP contribution is 2.37. The third-order valence-corrected chi connectivity index (χ3v) is 4.76. The summed E-state index contributed by atoms with van der Waals surface area (Å²) in [6, 6.07) is 4.74. The Morgan fingerprint density at radius 3 is 2.60 bits per heavy atom. The van der Waals surface area contributed by atoms with Crippen LogP contribution in [-0.4, -0.2) is 29.0 Å². The highest BCUT2D eigenvalue weighted by molar-refractivity contribution is 5.98. The fraction of sp³-hybridized carbons (Fsp3) is 0.350. The second kappa shape index (κ2) is 7.28. The standard InChI is InChI=1S/C20H19F3N4O3/c1-9(24)17-16(18(28)25-10-3-4-10)27-19(30-17)12-5-7-13(29-2)15-11(12)6-8-14(26-15)20(21,22)23/h5-10H,3-4,24H2,1-2H3,(H,25,28)/t9-/m0/s1. The Bertz CT molecular complexity index is 1120. The van der Waals surface area contributed by atoms with Crippen LogP contribution in [0.3, 0.4) is 0 Å². The van der Waals surface area contributed by atoms with Gasteiger partial charge >= 0.3 is 6.18 Å². The van der Waals surface area contributed by atoms with Crippen LogP contribution in [0.5, 0.6) is 5.75 Å². The van der Waals surface area contributed by atoms with Gasteiger partial charge in [0.25, 0.3) is 5.91 Å². The first-order valence-electron chi connectivity index (χ1n) is 9.31. The molecule has 158 valence electrons. The molecule has 1 amide bonds. The van der Waals surface area contributed by atoms with Crippen molar-refractivity contribution in [1.82, 2.24) is 15.3 Å². The molecule has 0 unspecified atom stereocenters. The molecule has 0 spiro atoms. The number of nitrogens with two attached hydrogens (primary N) is 1. The van der Waals surface area contributed by atoms with Crippen molar-refractivity contribution >= 4 is 16.8 Å². The highest BCUT2D eigenvalue weighted by atomic mass is 19.4. The minimum Gasteiger partial charge on any atom is -0.494 e. The van der Waals surface area contributed by atoms with E-state index < -0.39 is 23.8 Å². The first kappa shape index (κ1) is 20.1. The third kappa shape index (κ3) is 3.70. The molecule has 1 atom stereocenters. The molecule has 7 nitrogen and oxygen atoms in total. The fourth-order valence-corrected chi connectivity index (χ4v) is 3.10. The van der Waals surface area contributed by atoms with E-state index in [1.807, 2.05) is 0 Å². The molecule has 3 aromatic rings. The van der Waals surface area contributed by atoms with Crippen molar-refractivity contribution in [2.75, 3.05) is 7.11 Å². The molecule has 0 aliphatic heterocycles. The monoisotopic (exact) mass is 420 g/mol. The molecule has 2 aromatic heterocycles. The number of halogens is 3. The number of carbonyl (C=O) groups is 1. The zero-order valence-corrected chi connectivity index (χ0v) is 16.2. The Balaban J connectivity index is 1.85. The molecule has 1 saturated carbocycles. The van der Waals surface area contributed by atoms with Crippen molar-refractivity contribution in [2.24, 2.45) is 5.73 Å². The van der Waals surface area contributed by atoms with Gasteiger partial charge in [0.2, 0.25) is 5.89 Å². The van der Waals surface area contributed by atoms with Gasteiger partial charge in [-0.05, 0) is 44.0 Å². The molecule has 10 heteroatoms. The minimum atomic E-state index is -4.60. The summed E-state index contributed by atoms with van der Waals surface area (Å²) in [6.45, 7) is 1.65. The number of nitrogens with one attached hydrogen (secondary N) is 1. The third-order valence-electron chi connectivity index (χ3n) is 4.76. The van der Waals surface area contributed by atoms with E-state index in [1.54, 1.807) is 13.0 Å². The summed E-state index contributed by atoms with van der Waals surface area (Å²) in [5, 5.41) is 3.18. The predicted octanol–water partition coefficient (Wildman–Crippen LogP) is 3.83. The molecule has 4 rings (SSSR count). The number of carbonyl (C=O) groups excluding carboxylic acids is 1. The van der Waals surface area contributed by atoms with Crippen LogP contribution in [0.2, 0.25) is 0 Å². The van der Waals surface area contributed by atoms with Crippen LogP contribution in [0.4, 0.5) is 13.2 Å². The van der Waals surface area contributed by atoms with Gasteiger partial charge < -0.3 is 20.2 Å². The Hall–Kier alpha value is -3.14. The van der Waals surface area contributed by atoms with E-state index in [4.69, 9.17) is 14.9 Å². The van der Waals surface area contributed by atoms with Gasteiger partial charge in [-0.25, -0.2) is 9.97 Å². The van der Waals surface area contributed by atoms with Crippen molar-refractivity contribution in [2.45, 2.75) is 38.0 Å². The summed E-state index contributed by atoms with van der Waals surface area (Å²) >= 11 is 0. The summed E-state index contributed by atoms with van der Waals surface area (Å²) in [4.78, 5) is 20.6. The normalized spacial score (nSPS) is 15.3. The number of hydrogen-bond acceptors (Lipinski definition) is 6. The van der Waals surface area contributed by atoms with Gasteiger partial charge in [-0.3, -0.25) is 4.79 Å². The molecular weight excluding hydrogens is 401 g/mol. The lowest BCUT2D eigenvalue weighted by atomic mass is 10.1. The number of nitrogens with zero attached hydrogens (tertiary/aromatic N) is 2. The number of aromatic nitrogens is 2. The van der Waals surface area contributed by atoms with Gasteiger partial charge in [0.05, 0.1) is 13.2 Å². The molecule has 1 fully saturated rings. The van der Waals surface area contributed by atoms with Gasteiger partial charge in [0, 0.05) is 17.0 Å². The summed E-state index contributed by atoms with van der Waals surface area (Å²) in [6.07, 6.45) is -2.80. The quantitative estimate of drug-likeness (QED) is 0.650. The van der Waals surface area contributed by atoms with Gasteiger partial charge in [0.1, 0.15) is 17.0 Å². The number of pyridine rings is 1. The van der Waals surface area contributed by atoms with Crippen LogP contribution in [0.25, 0.3) is 22.4 Å². The number of oxazole rings is 1. The van der Waals surface area contributed by atoms with Crippen LogP contribution in [0, 0.1) is 0 Å². The SMILES string of the molecule is COc1ccc(-c2nc(C(=O)NC3CC3)c([C@H](C)N)o2)c2ccc(C(F)(F)F)nc12. The van der Waals surface area contributed by atoms with E-state index in [0.29, 0.717) is 10.9 Å². The molecule has 1 aromatic carbocycles. The maximum atomic E-state index is 13.1. The maximum Gasteiger partial charge on any atom is 0.433 e. The lowest BCUT2D eigenvalue weighted by Gasteiger charge is -2.11. The first-order chi connectivity index (χ1) is 14.2. The van der Waals surface area contributed by atoms with Crippen molar-refractivity contribution in [3.05, 3.63) is 41.4 Å². The van der Waals surface area contributed by atoms with E-state index in [2.05, 4.69) is 15.3 Å². The van der Waals surface area contributed by atoms with Gasteiger partial charge in [-0.2, -0.15) is 13.2 Å². The van der Waals surface area contributed by atoms with Crippen molar-refractivity contribution < 1.29 is 27.1 Å². The van der Waals surface area contributed by atoms with Crippen LogP contribution in [0.1, 0.15) is 47.7 Å². The number of benzene rings is 1. The molecule has 0 radical (unpaired) electrons. The first-order valence-corrected chi connectivity index (χ1v) is 9.31. The smallest absolute Gasteiger partial charge is 0.433 e. The fourth-order valence-electron chi connectivity index (χ4n) is 3.10. The lowest BCUT2D eigenvalue weighted by molar-refractivity contribution is -0.140. The Morgan fingerprint density at radius 2 is 2.00 bits per heavy atom. The summed E-state index contributed by atoms with van der Waals surface area (Å²) in [5.74, 6) is 0.0464. The zero-order chi connectivity index (χ0) is 21.6. The molecule has 3 N–H and O–H groups in total. The lowest BCUT2D eigenvalue weighted by Crippen LogP contribution is -2.27. The summed E-state index contributed by atoms with van der Waals surface area (Å²) in [5.41, 5.74) is 5.35. The van der Waals surface area contributed by atoms with Crippen molar-refractivity contribution in [1.29, 1.82) is 0 Å². The van der Waals surface area contributed by atoms with Crippen LogP contribution >= 0.6 is 0 Å². The summed E-state index contributed by atoms with van der Waals surface area (Å²) < 4.78 is 50.3. The van der Waals surface area contributed by atoms with E-state index in [9.17, 15) is 18.0 Å². The minimum absolute atomic E-state index is 0.00866. The van der Waals surface area contributed by atoms with E-state index in [1.165, 1.54) is 19.2 Å². The van der Waals surface area contributed by atoms with E-state index in [0.717, 1.165) is 18.9 Å². The molecule has 2 heterocycles. The number of hydrogen-bond donors (Lipinski definition) is 2. The Kier molecular flexibility index (Phi) is 4.89. The molecule has 1 aliphatic carbocycles. The highest BCUT2D eigenvalue weighted by Gasteiger charge is 2.33. The summed E-state index contributed by atoms with van der Waals surface area (Å²) in [7, 11) is 1.34. The number of rotatable bonds is 5. The van der Waals surface area contributed by atoms with Crippen LogP contribution in [0.15, 0.2) is 28.7 Å². The average molecular weight is 420 g/mol. The van der Waals surface area contributed by atoms with E-state index >= 15 is 0 Å². The number of alkyl halides is 3. The molecular formula is C20H19F3N4O3. The maximum absolute atomic E-state index is 13.1. The number of fused-ring (bicyclic) bond motifs is 1. The zero-order valence-electron chi connectivity index (χ0n) is 16.2. The van der Waals surface area contributed by atoms with Gasteiger partial charge in [-0.1, -0.05) is 0 Å². The number of ether oxygens (including phenoxy) is 1.